The number of nitrogens with one attached hydrogen (secondary N) is 1. The van der Waals surface area contributed by atoms with E-state index in [1.54, 1.807) is 12.1 Å². The van der Waals surface area contributed by atoms with Crippen molar-refractivity contribution in [2.24, 2.45) is 0 Å². The van der Waals surface area contributed by atoms with Gasteiger partial charge in [-0.3, -0.25) is 4.79 Å². The fourth-order valence-corrected chi connectivity index (χ4v) is 2.27. The van der Waals surface area contributed by atoms with E-state index in [1.807, 2.05) is 37.3 Å². The second kappa shape index (κ2) is 5.71. The maximum atomic E-state index is 12.1. The standard InChI is InChI=1S/C14H11ClINO/c1-9-4-2-3-5-11(9)14(18)17-13-8-10(16)6-7-12(13)15/h2-8H,1H3,(H,17,18). The topological polar surface area (TPSA) is 29.1 Å². The number of rotatable bonds is 2. The first-order chi connectivity index (χ1) is 8.58. The largest absolute Gasteiger partial charge is 0.321 e. The Kier molecular flexibility index (Phi) is 4.24. The number of carbonyl (C=O) groups is 1. The predicted octanol–water partition coefficient (Wildman–Crippen LogP) is 4.51. The Morgan fingerprint density at radius 2 is 1.94 bits per heavy atom. The minimum Gasteiger partial charge on any atom is -0.321 e. The molecular weight excluding hydrogens is 361 g/mol. The Bertz CT molecular complexity index is 598. The molecule has 0 aliphatic heterocycles. The lowest BCUT2D eigenvalue weighted by Gasteiger charge is -2.09. The average Bonchev–Trinajstić information content (AvgIpc) is 2.34. The van der Waals surface area contributed by atoms with Crippen molar-refractivity contribution in [3.05, 3.63) is 62.2 Å². The summed E-state index contributed by atoms with van der Waals surface area (Å²) in [6.45, 7) is 1.91. The van der Waals surface area contributed by atoms with Crippen LogP contribution in [0.15, 0.2) is 42.5 Å². The van der Waals surface area contributed by atoms with E-state index < -0.39 is 0 Å². The van der Waals surface area contributed by atoms with E-state index in [2.05, 4.69) is 27.9 Å². The van der Waals surface area contributed by atoms with Gasteiger partial charge in [0.15, 0.2) is 0 Å². The van der Waals surface area contributed by atoms with E-state index in [-0.39, 0.29) is 5.91 Å². The summed E-state index contributed by atoms with van der Waals surface area (Å²) in [6.07, 6.45) is 0. The van der Waals surface area contributed by atoms with E-state index in [0.717, 1.165) is 9.13 Å². The molecule has 2 aromatic rings. The first kappa shape index (κ1) is 13.4. The number of halogens is 2. The van der Waals surface area contributed by atoms with Gasteiger partial charge in [-0.15, -0.1) is 0 Å². The summed E-state index contributed by atoms with van der Waals surface area (Å²) in [6, 6.07) is 13.0. The van der Waals surface area contributed by atoms with Crippen LogP contribution in [0.3, 0.4) is 0 Å². The van der Waals surface area contributed by atoms with Crippen molar-refractivity contribution >= 4 is 45.8 Å². The molecule has 1 N–H and O–H groups in total. The lowest BCUT2D eigenvalue weighted by molar-refractivity contribution is 0.102. The Hall–Kier alpha value is -1.07. The monoisotopic (exact) mass is 371 g/mol. The molecule has 92 valence electrons. The first-order valence-corrected chi connectivity index (χ1v) is 6.85. The Balaban J connectivity index is 2.27. The Morgan fingerprint density at radius 3 is 2.67 bits per heavy atom. The van der Waals surface area contributed by atoms with Gasteiger partial charge in [0.2, 0.25) is 0 Å². The number of hydrogen-bond acceptors (Lipinski definition) is 1. The van der Waals surface area contributed by atoms with Crippen LogP contribution in [0.1, 0.15) is 15.9 Å². The highest BCUT2D eigenvalue weighted by atomic mass is 127. The molecular formula is C14H11ClINO. The Labute approximate surface area is 124 Å². The summed E-state index contributed by atoms with van der Waals surface area (Å²) in [4.78, 5) is 12.1. The van der Waals surface area contributed by atoms with Gasteiger partial charge < -0.3 is 5.32 Å². The second-order valence-corrected chi connectivity index (χ2v) is 5.55. The lowest BCUT2D eigenvalue weighted by Crippen LogP contribution is -2.13. The number of carbonyl (C=O) groups excluding carboxylic acids is 1. The first-order valence-electron chi connectivity index (χ1n) is 5.40. The molecule has 0 atom stereocenters. The van der Waals surface area contributed by atoms with E-state index in [4.69, 9.17) is 11.6 Å². The van der Waals surface area contributed by atoms with Gasteiger partial charge in [-0.25, -0.2) is 0 Å². The van der Waals surface area contributed by atoms with E-state index >= 15 is 0 Å². The molecule has 0 aliphatic rings. The number of hydrogen-bond donors (Lipinski definition) is 1. The van der Waals surface area contributed by atoms with Crippen LogP contribution in [0.5, 0.6) is 0 Å². The van der Waals surface area contributed by atoms with Crippen molar-refractivity contribution in [2.75, 3.05) is 5.32 Å². The molecule has 2 aromatic carbocycles. The smallest absolute Gasteiger partial charge is 0.255 e. The zero-order valence-corrected chi connectivity index (χ0v) is 12.6. The summed E-state index contributed by atoms with van der Waals surface area (Å²) < 4.78 is 1.03. The minimum atomic E-state index is -0.142. The quantitative estimate of drug-likeness (QED) is 0.774. The third-order valence-corrected chi connectivity index (χ3v) is 3.57. The maximum absolute atomic E-state index is 12.1. The number of amides is 1. The zero-order valence-electron chi connectivity index (χ0n) is 9.71. The number of aryl methyl sites for hydroxylation is 1. The van der Waals surface area contributed by atoms with Gasteiger partial charge in [0.05, 0.1) is 10.7 Å². The van der Waals surface area contributed by atoms with Crippen molar-refractivity contribution in [1.29, 1.82) is 0 Å². The summed E-state index contributed by atoms with van der Waals surface area (Å²) in [7, 11) is 0. The number of benzene rings is 2. The van der Waals surface area contributed by atoms with Crippen molar-refractivity contribution in [2.45, 2.75) is 6.92 Å². The van der Waals surface area contributed by atoms with Crippen LogP contribution >= 0.6 is 34.2 Å². The highest BCUT2D eigenvalue weighted by molar-refractivity contribution is 14.1. The molecule has 0 aliphatic carbocycles. The molecule has 0 saturated heterocycles. The molecule has 0 unspecified atom stereocenters. The van der Waals surface area contributed by atoms with Crippen LogP contribution in [-0.4, -0.2) is 5.91 Å². The molecule has 4 heteroatoms. The molecule has 2 nitrogen and oxygen atoms in total. The van der Waals surface area contributed by atoms with Gasteiger partial charge in [-0.1, -0.05) is 29.8 Å². The molecule has 0 spiro atoms. The van der Waals surface area contributed by atoms with Gasteiger partial charge in [-0.2, -0.15) is 0 Å². The van der Waals surface area contributed by atoms with Crippen LogP contribution in [0.4, 0.5) is 5.69 Å². The van der Waals surface area contributed by atoms with Gasteiger partial charge in [-0.05, 0) is 59.3 Å². The van der Waals surface area contributed by atoms with Gasteiger partial charge in [0, 0.05) is 9.13 Å². The van der Waals surface area contributed by atoms with E-state index in [1.165, 1.54) is 0 Å². The summed E-state index contributed by atoms with van der Waals surface area (Å²) in [5.41, 5.74) is 2.24. The predicted molar refractivity (Wildman–Crippen MR) is 83.3 cm³/mol. The normalized spacial score (nSPS) is 10.2. The summed E-state index contributed by atoms with van der Waals surface area (Å²) >= 11 is 8.23. The molecule has 0 bridgehead atoms. The number of anilines is 1. The van der Waals surface area contributed by atoms with Gasteiger partial charge in [0.25, 0.3) is 5.91 Å². The van der Waals surface area contributed by atoms with E-state index in [9.17, 15) is 4.79 Å². The minimum absolute atomic E-state index is 0.142. The van der Waals surface area contributed by atoms with Crippen molar-refractivity contribution in [1.82, 2.24) is 0 Å². The third-order valence-electron chi connectivity index (χ3n) is 2.57. The van der Waals surface area contributed by atoms with Gasteiger partial charge >= 0.3 is 0 Å². The molecule has 1 amide bonds. The third kappa shape index (κ3) is 3.03. The van der Waals surface area contributed by atoms with Crippen molar-refractivity contribution in [3.63, 3.8) is 0 Å². The van der Waals surface area contributed by atoms with Crippen molar-refractivity contribution in [3.8, 4) is 0 Å². The maximum Gasteiger partial charge on any atom is 0.255 e. The van der Waals surface area contributed by atoms with Crippen LogP contribution in [0, 0.1) is 10.5 Å². The molecule has 0 saturated carbocycles. The molecule has 18 heavy (non-hydrogen) atoms. The van der Waals surface area contributed by atoms with Crippen LogP contribution in [-0.2, 0) is 0 Å². The molecule has 0 fully saturated rings. The molecule has 0 heterocycles. The van der Waals surface area contributed by atoms with E-state index in [0.29, 0.717) is 16.3 Å². The van der Waals surface area contributed by atoms with Gasteiger partial charge in [0.1, 0.15) is 0 Å². The summed E-state index contributed by atoms with van der Waals surface area (Å²) in [5, 5.41) is 3.37. The fourth-order valence-electron chi connectivity index (χ4n) is 1.61. The highest BCUT2D eigenvalue weighted by Gasteiger charge is 2.10. The van der Waals surface area contributed by atoms with Crippen LogP contribution in [0.2, 0.25) is 5.02 Å². The second-order valence-electron chi connectivity index (χ2n) is 3.89. The van der Waals surface area contributed by atoms with Crippen molar-refractivity contribution < 1.29 is 4.79 Å². The average molecular weight is 372 g/mol. The molecule has 2 rings (SSSR count). The molecule has 0 aromatic heterocycles. The SMILES string of the molecule is Cc1ccccc1C(=O)Nc1cc(I)ccc1Cl. The zero-order chi connectivity index (χ0) is 13.1. The Morgan fingerprint density at radius 1 is 1.22 bits per heavy atom. The molecule has 0 radical (unpaired) electrons. The highest BCUT2D eigenvalue weighted by Crippen LogP contribution is 2.24. The van der Waals surface area contributed by atoms with Crippen LogP contribution < -0.4 is 5.32 Å². The van der Waals surface area contributed by atoms with Crippen LogP contribution in [0.25, 0.3) is 0 Å². The lowest BCUT2D eigenvalue weighted by atomic mass is 10.1. The summed E-state index contributed by atoms with van der Waals surface area (Å²) in [5.74, 6) is -0.142. The fraction of sp³-hybridized carbons (Fsp3) is 0.0714.